The predicted molar refractivity (Wildman–Crippen MR) is 46.9 cm³/mol. The molecule has 0 aromatic carbocycles. The SMILES string of the molecule is CC(C)C[C@@H]1CNC(=O)C1OC=O. The fraction of sp³-hybridized carbons (Fsp3) is 0.778. The molecule has 1 fully saturated rings. The topological polar surface area (TPSA) is 55.4 Å². The first-order valence-corrected chi connectivity index (χ1v) is 4.52. The van der Waals surface area contributed by atoms with Gasteiger partial charge in [-0.05, 0) is 12.3 Å². The van der Waals surface area contributed by atoms with E-state index in [1.165, 1.54) is 0 Å². The van der Waals surface area contributed by atoms with Crippen molar-refractivity contribution in [3.8, 4) is 0 Å². The highest BCUT2D eigenvalue weighted by Crippen LogP contribution is 2.21. The third kappa shape index (κ3) is 2.44. The van der Waals surface area contributed by atoms with Crippen LogP contribution in [0.4, 0.5) is 0 Å². The number of carbonyl (C=O) groups is 2. The first-order chi connectivity index (χ1) is 6.15. The summed E-state index contributed by atoms with van der Waals surface area (Å²) in [7, 11) is 0. The molecule has 1 saturated heterocycles. The molecule has 1 aliphatic heterocycles. The average Bonchev–Trinajstić information content (AvgIpc) is 2.35. The lowest BCUT2D eigenvalue weighted by Gasteiger charge is -2.16. The third-order valence-electron chi connectivity index (χ3n) is 2.20. The van der Waals surface area contributed by atoms with Gasteiger partial charge in [0.05, 0.1) is 0 Å². The Labute approximate surface area is 77.6 Å². The molecular formula is C9H15NO3. The normalized spacial score (nSPS) is 27.5. The Morgan fingerprint density at radius 1 is 1.69 bits per heavy atom. The highest BCUT2D eigenvalue weighted by molar-refractivity contribution is 5.84. The molecule has 1 heterocycles. The average molecular weight is 185 g/mol. The van der Waals surface area contributed by atoms with E-state index in [1.807, 2.05) is 0 Å². The molecule has 1 aliphatic rings. The van der Waals surface area contributed by atoms with Gasteiger partial charge in [-0.2, -0.15) is 0 Å². The molecule has 4 nitrogen and oxygen atoms in total. The molecule has 1 N–H and O–H groups in total. The molecule has 0 aliphatic carbocycles. The molecule has 0 bridgehead atoms. The second-order valence-corrected chi connectivity index (χ2v) is 3.79. The molecule has 1 amide bonds. The van der Waals surface area contributed by atoms with Gasteiger partial charge >= 0.3 is 0 Å². The zero-order valence-corrected chi connectivity index (χ0v) is 7.95. The van der Waals surface area contributed by atoms with E-state index in [4.69, 9.17) is 4.74 Å². The zero-order chi connectivity index (χ0) is 9.84. The molecule has 74 valence electrons. The molecule has 4 heteroatoms. The summed E-state index contributed by atoms with van der Waals surface area (Å²) >= 11 is 0. The molecule has 0 saturated carbocycles. The van der Waals surface area contributed by atoms with Crippen LogP contribution < -0.4 is 5.32 Å². The van der Waals surface area contributed by atoms with Crippen LogP contribution >= 0.6 is 0 Å². The van der Waals surface area contributed by atoms with Gasteiger partial charge in [0, 0.05) is 12.5 Å². The highest BCUT2D eigenvalue weighted by Gasteiger charge is 2.36. The number of nitrogens with one attached hydrogen (secondary N) is 1. The number of hydrogen-bond donors (Lipinski definition) is 1. The first kappa shape index (κ1) is 10.0. The predicted octanol–water partition coefficient (Wildman–Crippen LogP) is 0.320. The van der Waals surface area contributed by atoms with E-state index < -0.39 is 6.10 Å². The van der Waals surface area contributed by atoms with Crippen molar-refractivity contribution >= 4 is 12.4 Å². The number of ether oxygens (including phenoxy) is 1. The van der Waals surface area contributed by atoms with Crippen LogP contribution in [0.15, 0.2) is 0 Å². The van der Waals surface area contributed by atoms with E-state index in [1.54, 1.807) is 0 Å². The summed E-state index contributed by atoms with van der Waals surface area (Å²) in [5.41, 5.74) is 0. The maximum absolute atomic E-state index is 11.2. The summed E-state index contributed by atoms with van der Waals surface area (Å²) in [6, 6.07) is 0. The molecule has 0 radical (unpaired) electrons. The fourth-order valence-electron chi connectivity index (χ4n) is 1.70. The van der Waals surface area contributed by atoms with Crippen molar-refractivity contribution in [2.45, 2.75) is 26.4 Å². The Balaban J connectivity index is 2.53. The quantitative estimate of drug-likeness (QED) is 0.642. The van der Waals surface area contributed by atoms with Gasteiger partial charge < -0.3 is 10.1 Å². The monoisotopic (exact) mass is 185 g/mol. The van der Waals surface area contributed by atoms with Gasteiger partial charge in [-0.15, -0.1) is 0 Å². The van der Waals surface area contributed by atoms with Crippen molar-refractivity contribution in [2.24, 2.45) is 11.8 Å². The Morgan fingerprint density at radius 3 is 2.92 bits per heavy atom. The number of amides is 1. The fourth-order valence-corrected chi connectivity index (χ4v) is 1.70. The molecular weight excluding hydrogens is 170 g/mol. The van der Waals surface area contributed by atoms with E-state index >= 15 is 0 Å². The third-order valence-corrected chi connectivity index (χ3v) is 2.20. The lowest BCUT2D eigenvalue weighted by Crippen LogP contribution is -2.28. The van der Waals surface area contributed by atoms with Gasteiger partial charge in [0.15, 0.2) is 6.10 Å². The molecule has 13 heavy (non-hydrogen) atoms. The van der Waals surface area contributed by atoms with Crippen LogP contribution in [0.1, 0.15) is 20.3 Å². The van der Waals surface area contributed by atoms with E-state index in [-0.39, 0.29) is 11.8 Å². The van der Waals surface area contributed by atoms with Gasteiger partial charge in [0.1, 0.15) is 0 Å². The molecule has 1 rings (SSSR count). The van der Waals surface area contributed by atoms with Crippen LogP contribution in [-0.4, -0.2) is 25.0 Å². The van der Waals surface area contributed by atoms with E-state index in [2.05, 4.69) is 19.2 Å². The van der Waals surface area contributed by atoms with Crippen LogP contribution in [-0.2, 0) is 14.3 Å². The second-order valence-electron chi connectivity index (χ2n) is 3.79. The molecule has 0 aromatic rings. The summed E-state index contributed by atoms with van der Waals surface area (Å²) in [4.78, 5) is 21.3. The van der Waals surface area contributed by atoms with Crippen LogP contribution in [0.5, 0.6) is 0 Å². The Kier molecular flexibility index (Phi) is 3.28. The Hall–Kier alpha value is -1.06. The van der Waals surface area contributed by atoms with Crippen molar-refractivity contribution < 1.29 is 14.3 Å². The van der Waals surface area contributed by atoms with Gasteiger partial charge in [0.2, 0.25) is 0 Å². The lowest BCUT2D eigenvalue weighted by molar-refractivity contribution is -0.144. The summed E-state index contributed by atoms with van der Waals surface area (Å²) < 4.78 is 4.74. The van der Waals surface area contributed by atoms with Crippen molar-refractivity contribution in [2.75, 3.05) is 6.54 Å². The summed E-state index contributed by atoms with van der Waals surface area (Å²) in [5.74, 6) is 0.478. The van der Waals surface area contributed by atoms with Crippen LogP contribution in [0.25, 0.3) is 0 Å². The van der Waals surface area contributed by atoms with E-state index in [0.29, 0.717) is 18.9 Å². The number of rotatable bonds is 4. The van der Waals surface area contributed by atoms with Crippen LogP contribution in [0, 0.1) is 11.8 Å². The smallest absolute Gasteiger partial charge is 0.293 e. The molecule has 1 unspecified atom stereocenters. The highest BCUT2D eigenvalue weighted by atomic mass is 16.5. The molecule has 0 spiro atoms. The van der Waals surface area contributed by atoms with Gasteiger partial charge in [-0.1, -0.05) is 13.8 Å². The minimum atomic E-state index is -0.570. The van der Waals surface area contributed by atoms with Gasteiger partial charge in [0.25, 0.3) is 12.4 Å². The van der Waals surface area contributed by atoms with Crippen molar-refractivity contribution in [1.82, 2.24) is 5.32 Å². The number of hydrogen-bond acceptors (Lipinski definition) is 3. The summed E-state index contributed by atoms with van der Waals surface area (Å²) in [5, 5.41) is 2.69. The molecule has 2 atom stereocenters. The Morgan fingerprint density at radius 2 is 2.38 bits per heavy atom. The van der Waals surface area contributed by atoms with Gasteiger partial charge in [-0.3, -0.25) is 9.59 Å². The van der Waals surface area contributed by atoms with Gasteiger partial charge in [-0.25, -0.2) is 0 Å². The van der Waals surface area contributed by atoms with Crippen LogP contribution in [0.2, 0.25) is 0 Å². The standard InChI is InChI=1S/C9H15NO3/c1-6(2)3-7-4-10-9(12)8(7)13-5-11/h5-8H,3-4H2,1-2H3,(H,10,12)/t7-,8?/m1/s1. The lowest BCUT2D eigenvalue weighted by atomic mass is 9.94. The Bertz CT molecular complexity index is 203. The zero-order valence-electron chi connectivity index (χ0n) is 7.95. The number of carbonyl (C=O) groups excluding carboxylic acids is 2. The minimum Gasteiger partial charge on any atom is -0.454 e. The van der Waals surface area contributed by atoms with Crippen molar-refractivity contribution in [3.05, 3.63) is 0 Å². The van der Waals surface area contributed by atoms with Crippen LogP contribution in [0.3, 0.4) is 0 Å². The maximum Gasteiger partial charge on any atom is 0.293 e. The largest absolute Gasteiger partial charge is 0.454 e. The molecule has 0 aromatic heterocycles. The van der Waals surface area contributed by atoms with E-state index in [9.17, 15) is 9.59 Å². The van der Waals surface area contributed by atoms with E-state index in [0.717, 1.165) is 6.42 Å². The van der Waals surface area contributed by atoms with Crippen molar-refractivity contribution in [1.29, 1.82) is 0 Å². The second kappa shape index (κ2) is 4.25. The van der Waals surface area contributed by atoms with Crippen molar-refractivity contribution in [3.63, 3.8) is 0 Å². The minimum absolute atomic E-state index is 0.137. The maximum atomic E-state index is 11.2. The summed E-state index contributed by atoms with van der Waals surface area (Å²) in [6.07, 6.45) is 0.331. The summed E-state index contributed by atoms with van der Waals surface area (Å²) in [6.45, 7) is 5.14. The first-order valence-electron chi connectivity index (χ1n) is 4.52.